The quantitative estimate of drug-likeness (QED) is 0.485. The van der Waals surface area contributed by atoms with Crippen molar-refractivity contribution in [3.8, 4) is 0 Å². The fraction of sp³-hybridized carbons (Fsp3) is 0.909. The first-order valence-corrected chi connectivity index (χ1v) is 5.69. The Bertz CT molecular complexity index is 200. The van der Waals surface area contributed by atoms with Crippen LogP contribution < -0.4 is 10.6 Å². The second-order valence-corrected chi connectivity index (χ2v) is 4.11. The summed E-state index contributed by atoms with van der Waals surface area (Å²) >= 11 is 0. The van der Waals surface area contributed by atoms with Crippen molar-refractivity contribution in [2.24, 2.45) is 0 Å². The van der Waals surface area contributed by atoms with Crippen LogP contribution in [-0.4, -0.2) is 50.0 Å². The van der Waals surface area contributed by atoms with Crippen LogP contribution in [0.15, 0.2) is 0 Å². The third-order valence-corrected chi connectivity index (χ3v) is 2.65. The van der Waals surface area contributed by atoms with E-state index in [2.05, 4.69) is 10.6 Å². The maximum absolute atomic E-state index is 11.6. The molecule has 0 aliphatic carbocycles. The summed E-state index contributed by atoms with van der Waals surface area (Å²) in [4.78, 5) is 11.6. The molecule has 0 rings (SSSR count). The van der Waals surface area contributed by atoms with E-state index in [1.54, 1.807) is 7.11 Å². The lowest BCUT2D eigenvalue weighted by Gasteiger charge is -2.29. The van der Waals surface area contributed by atoms with E-state index < -0.39 is 0 Å². The zero-order valence-corrected chi connectivity index (χ0v) is 10.5. The molecule has 0 heterocycles. The molecule has 0 aromatic rings. The number of hydrogen-bond donors (Lipinski definition) is 3. The van der Waals surface area contributed by atoms with Gasteiger partial charge in [-0.1, -0.05) is 6.92 Å². The first-order chi connectivity index (χ1) is 7.58. The highest BCUT2D eigenvalue weighted by atomic mass is 16.5. The fourth-order valence-corrected chi connectivity index (χ4v) is 1.33. The van der Waals surface area contributed by atoms with Crippen LogP contribution in [0.25, 0.3) is 0 Å². The molecule has 1 atom stereocenters. The average Bonchev–Trinajstić information content (AvgIpc) is 2.25. The summed E-state index contributed by atoms with van der Waals surface area (Å²) in [7, 11) is 1.62. The Morgan fingerprint density at radius 3 is 2.69 bits per heavy atom. The number of carbonyl (C=O) groups is 1. The fourth-order valence-electron chi connectivity index (χ4n) is 1.33. The lowest BCUT2D eigenvalue weighted by molar-refractivity contribution is -0.122. The number of rotatable bonds is 9. The van der Waals surface area contributed by atoms with Gasteiger partial charge in [-0.25, -0.2) is 0 Å². The van der Waals surface area contributed by atoms with Crippen molar-refractivity contribution in [1.29, 1.82) is 0 Å². The van der Waals surface area contributed by atoms with Gasteiger partial charge in [0.15, 0.2) is 0 Å². The summed E-state index contributed by atoms with van der Waals surface area (Å²) in [5, 5.41) is 14.8. The average molecular weight is 232 g/mol. The Labute approximate surface area is 97.6 Å². The van der Waals surface area contributed by atoms with Crippen LogP contribution >= 0.6 is 0 Å². The lowest BCUT2D eigenvalue weighted by atomic mass is 9.95. The van der Waals surface area contributed by atoms with Crippen molar-refractivity contribution in [3.05, 3.63) is 0 Å². The number of nitrogens with one attached hydrogen (secondary N) is 2. The van der Waals surface area contributed by atoms with Crippen LogP contribution in [0.4, 0.5) is 0 Å². The Kier molecular flexibility index (Phi) is 8.15. The molecule has 16 heavy (non-hydrogen) atoms. The minimum absolute atomic E-state index is 0.0473. The number of carbonyl (C=O) groups excluding carboxylic acids is 1. The van der Waals surface area contributed by atoms with E-state index in [0.29, 0.717) is 19.6 Å². The van der Waals surface area contributed by atoms with Gasteiger partial charge < -0.3 is 20.5 Å². The zero-order valence-electron chi connectivity index (χ0n) is 10.5. The van der Waals surface area contributed by atoms with Gasteiger partial charge in [0.05, 0.1) is 13.2 Å². The number of amides is 1. The minimum atomic E-state index is -0.311. The summed E-state index contributed by atoms with van der Waals surface area (Å²) in [6.45, 7) is 5.55. The summed E-state index contributed by atoms with van der Waals surface area (Å²) < 4.78 is 4.86. The van der Waals surface area contributed by atoms with E-state index in [0.717, 1.165) is 6.42 Å². The van der Waals surface area contributed by atoms with Crippen molar-refractivity contribution >= 4 is 5.91 Å². The molecule has 0 aliphatic heterocycles. The second-order valence-electron chi connectivity index (χ2n) is 4.11. The van der Waals surface area contributed by atoms with Crippen LogP contribution in [0.2, 0.25) is 0 Å². The molecule has 0 saturated heterocycles. The largest absolute Gasteiger partial charge is 0.396 e. The third-order valence-electron chi connectivity index (χ3n) is 2.65. The number of aliphatic hydroxyl groups is 1. The molecule has 0 fully saturated rings. The summed E-state index contributed by atoms with van der Waals surface area (Å²) in [6, 6.07) is 0. The normalized spacial score (nSPS) is 14.5. The molecule has 0 aromatic carbocycles. The van der Waals surface area contributed by atoms with Crippen LogP contribution in [0.5, 0.6) is 0 Å². The van der Waals surface area contributed by atoms with Gasteiger partial charge in [-0.2, -0.15) is 0 Å². The molecule has 5 heteroatoms. The van der Waals surface area contributed by atoms with Gasteiger partial charge in [-0.3, -0.25) is 4.79 Å². The lowest BCUT2D eigenvalue weighted by Crippen LogP contribution is -2.49. The molecule has 0 spiro atoms. The Hall–Kier alpha value is -0.650. The first-order valence-electron chi connectivity index (χ1n) is 5.69. The van der Waals surface area contributed by atoms with Gasteiger partial charge in [0.1, 0.15) is 0 Å². The minimum Gasteiger partial charge on any atom is -0.396 e. The molecule has 0 aliphatic rings. The van der Waals surface area contributed by atoms with Crippen LogP contribution in [0.1, 0.15) is 26.7 Å². The van der Waals surface area contributed by atoms with E-state index in [-0.39, 0.29) is 24.6 Å². The van der Waals surface area contributed by atoms with Crippen LogP contribution in [0.3, 0.4) is 0 Å². The van der Waals surface area contributed by atoms with E-state index in [9.17, 15) is 4.79 Å². The third kappa shape index (κ3) is 6.76. The van der Waals surface area contributed by atoms with Crippen molar-refractivity contribution < 1.29 is 14.6 Å². The van der Waals surface area contributed by atoms with Gasteiger partial charge in [0.25, 0.3) is 0 Å². The predicted octanol–water partition coefficient (Wildman–Crippen LogP) is -0.110. The first kappa shape index (κ1) is 15.3. The molecule has 0 saturated carbocycles. The van der Waals surface area contributed by atoms with Crippen LogP contribution in [0, 0.1) is 0 Å². The standard InChI is InChI=1S/C11H24N2O3/c1-4-11(2,5-7-14)13-10(15)9-12-6-8-16-3/h12,14H,4-9H2,1-3H3,(H,13,15). The highest BCUT2D eigenvalue weighted by Crippen LogP contribution is 2.13. The van der Waals surface area contributed by atoms with E-state index in [4.69, 9.17) is 9.84 Å². The number of methoxy groups -OCH3 is 1. The summed E-state index contributed by atoms with van der Waals surface area (Å²) in [5.41, 5.74) is -0.311. The number of hydrogen-bond acceptors (Lipinski definition) is 4. The predicted molar refractivity (Wildman–Crippen MR) is 63.3 cm³/mol. The highest BCUT2D eigenvalue weighted by Gasteiger charge is 2.22. The molecule has 1 unspecified atom stereocenters. The molecule has 0 radical (unpaired) electrons. The van der Waals surface area contributed by atoms with Crippen LogP contribution in [-0.2, 0) is 9.53 Å². The maximum atomic E-state index is 11.6. The molecule has 96 valence electrons. The van der Waals surface area contributed by atoms with Gasteiger partial charge in [0.2, 0.25) is 5.91 Å². The van der Waals surface area contributed by atoms with Crippen molar-refractivity contribution in [1.82, 2.24) is 10.6 Å². The molecule has 1 amide bonds. The summed E-state index contributed by atoms with van der Waals surface area (Å²) in [6.07, 6.45) is 1.38. The molecular formula is C11H24N2O3. The van der Waals surface area contributed by atoms with Crippen molar-refractivity contribution in [2.75, 3.05) is 33.4 Å². The maximum Gasteiger partial charge on any atom is 0.234 e. The monoisotopic (exact) mass is 232 g/mol. The van der Waals surface area contributed by atoms with Crippen molar-refractivity contribution in [3.63, 3.8) is 0 Å². The van der Waals surface area contributed by atoms with E-state index >= 15 is 0 Å². The zero-order chi connectivity index (χ0) is 12.4. The topological polar surface area (TPSA) is 70.6 Å². The number of ether oxygens (including phenoxy) is 1. The van der Waals surface area contributed by atoms with Gasteiger partial charge >= 0.3 is 0 Å². The summed E-state index contributed by atoms with van der Waals surface area (Å²) in [5.74, 6) is -0.0473. The Balaban J connectivity index is 3.82. The van der Waals surface area contributed by atoms with Crippen molar-refractivity contribution in [2.45, 2.75) is 32.2 Å². The molecule has 0 aromatic heterocycles. The smallest absolute Gasteiger partial charge is 0.234 e. The molecule has 3 N–H and O–H groups in total. The molecule has 5 nitrogen and oxygen atoms in total. The van der Waals surface area contributed by atoms with Gasteiger partial charge in [-0.15, -0.1) is 0 Å². The SMILES string of the molecule is CCC(C)(CCO)NC(=O)CNCCOC. The molecular weight excluding hydrogens is 208 g/mol. The second kappa shape index (κ2) is 8.50. The Morgan fingerprint density at radius 1 is 1.50 bits per heavy atom. The molecule has 0 bridgehead atoms. The Morgan fingerprint density at radius 2 is 2.19 bits per heavy atom. The van der Waals surface area contributed by atoms with E-state index in [1.807, 2.05) is 13.8 Å². The van der Waals surface area contributed by atoms with E-state index in [1.165, 1.54) is 0 Å². The van der Waals surface area contributed by atoms with Gasteiger partial charge in [-0.05, 0) is 19.8 Å². The van der Waals surface area contributed by atoms with Gasteiger partial charge in [0, 0.05) is 25.8 Å². The highest BCUT2D eigenvalue weighted by molar-refractivity contribution is 5.78. The number of aliphatic hydroxyl groups excluding tert-OH is 1.